The smallest absolute Gasteiger partial charge is 0.257 e. The molecule has 0 bridgehead atoms. The summed E-state index contributed by atoms with van der Waals surface area (Å²) in [4.78, 5) is 10.8. The van der Waals surface area contributed by atoms with Crippen LogP contribution < -0.4 is 15.0 Å². The van der Waals surface area contributed by atoms with Crippen molar-refractivity contribution in [2.75, 3.05) is 37.7 Å². The van der Waals surface area contributed by atoms with Crippen LogP contribution in [-0.4, -0.2) is 42.8 Å². The summed E-state index contributed by atoms with van der Waals surface area (Å²) < 4.78 is 5.50. The Kier molecular flexibility index (Phi) is 3.93. The van der Waals surface area contributed by atoms with Gasteiger partial charge in [0.25, 0.3) is 5.88 Å². The highest BCUT2D eigenvalue weighted by atomic mass is 16.5. The zero-order valence-electron chi connectivity index (χ0n) is 9.65. The summed E-state index contributed by atoms with van der Waals surface area (Å²) in [6.45, 7) is 6.60. The van der Waals surface area contributed by atoms with Crippen molar-refractivity contribution in [3.8, 4) is 5.88 Å². The number of hydrogen-bond acceptors (Lipinski definition) is 5. The number of aromatic nitrogens is 2. The lowest BCUT2D eigenvalue weighted by molar-refractivity contribution is 0.325. The molecule has 1 aromatic heterocycles. The molecule has 2 heterocycles. The molecule has 1 aliphatic rings. The van der Waals surface area contributed by atoms with Crippen LogP contribution in [0.2, 0.25) is 0 Å². The summed E-state index contributed by atoms with van der Waals surface area (Å²) in [5.74, 6) is 1.51. The molecule has 5 heteroatoms. The minimum absolute atomic E-state index is 0.623. The minimum Gasteiger partial charge on any atom is -0.475 e. The molecular formula is C11H18N4O. The number of hydrogen-bond donors (Lipinski definition) is 1. The van der Waals surface area contributed by atoms with Gasteiger partial charge in [-0.2, -0.15) is 0 Å². The van der Waals surface area contributed by atoms with Crippen molar-refractivity contribution in [1.29, 1.82) is 0 Å². The number of rotatable bonds is 3. The Hall–Kier alpha value is -1.36. The first-order valence-electron chi connectivity index (χ1n) is 5.81. The van der Waals surface area contributed by atoms with E-state index < -0.39 is 0 Å². The fourth-order valence-electron chi connectivity index (χ4n) is 1.83. The first-order valence-corrected chi connectivity index (χ1v) is 5.81. The number of nitrogens with zero attached hydrogens (tertiary/aromatic N) is 3. The Bertz CT molecular complexity index is 324. The normalized spacial score (nSPS) is 16.9. The fraction of sp³-hybridized carbons (Fsp3) is 0.636. The van der Waals surface area contributed by atoms with E-state index in [0.717, 1.165) is 38.4 Å². The molecule has 0 amide bonds. The second-order valence-corrected chi connectivity index (χ2v) is 3.71. The zero-order valence-corrected chi connectivity index (χ0v) is 9.65. The highest BCUT2D eigenvalue weighted by molar-refractivity contribution is 5.47. The third-order valence-corrected chi connectivity index (χ3v) is 2.57. The van der Waals surface area contributed by atoms with Gasteiger partial charge in [0.1, 0.15) is 0 Å². The van der Waals surface area contributed by atoms with E-state index in [1.165, 1.54) is 0 Å². The summed E-state index contributed by atoms with van der Waals surface area (Å²) in [7, 11) is 0. The Morgan fingerprint density at radius 1 is 1.31 bits per heavy atom. The standard InChI is InChI=1S/C11H18N4O/c1-2-16-11-10(13-5-6-14-11)15-8-3-4-12-7-9-15/h5-6,12H,2-4,7-9H2,1H3. The first kappa shape index (κ1) is 11.1. The number of nitrogens with one attached hydrogen (secondary N) is 1. The van der Waals surface area contributed by atoms with Crippen molar-refractivity contribution in [2.24, 2.45) is 0 Å². The SMILES string of the molecule is CCOc1nccnc1N1CCCNCC1. The maximum atomic E-state index is 5.50. The molecule has 0 aliphatic carbocycles. The highest BCUT2D eigenvalue weighted by Gasteiger charge is 2.15. The molecule has 1 saturated heterocycles. The van der Waals surface area contributed by atoms with Crippen molar-refractivity contribution < 1.29 is 4.74 Å². The maximum Gasteiger partial charge on any atom is 0.257 e. The lowest BCUT2D eigenvalue weighted by Gasteiger charge is -2.22. The van der Waals surface area contributed by atoms with Crippen molar-refractivity contribution in [1.82, 2.24) is 15.3 Å². The molecule has 88 valence electrons. The predicted molar refractivity (Wildman–Crippen MR) is 62.9 cm³/mol. The van der Waals surface area contributed by atoms with Crippen LogP contribution in [0.1, 0.15) is 13.3 Å². The zero-order chi connectivity index (χ0) is 11.2. The van der Waals surface area contributed by atoms with E-state index in [9.17, 15) is 0 Å². The average Bonchev–Trinajstić information content (AvgIpc) is 2.59. The van der Waals surface area contributed by atoms with Gasteiger partial charge in [-0.05, 0) is 19.9 Å². The van der Waals surface area contributed by atoms with E-state index >= 15 is 0 Å². The Morgan fingerprint density at radius 2 is 2.19 bits per heavy atom. The van der Waals surface area contributed by atoms with Gasteiger partial charge in [-0.3, -0.25) is 0 Å². The molecule has 0 saturated carbocycles. The van der Waals surface area contributed by atoms with Gasteiger partial charge >= 0.3 is 0 Å². The van der Waals surface area contributed by atoms with Crippen LogP contribution in [-0.2, 0) is 0 Å². The van der Waals surface area contributed by atoms with E-state index in [1.54, 1.807) is 12.4 Å². The lowest BCUT2D eigenvalue weighted by Crippen LogP contribution is -2.29. The predicted octanol–water partition coefficient (Wildman–Crippen LogP) is 0.675. The van der Waals surface area contributed by atoms with Crippen LogP contribution in [0.25, 0.3) is 0 Å². The first-order chi connectivity index (χ1) is 7.92. The van der Waals surface area contributed by atoms with Gasteiger partial charge in [-0.15, -0.1) is 0 Å². The Morgan fingerprint density at radius 3 is 3.06 bits per heavy atom. The number of ether oxygens (including phenoxy) is 1. The van der Waals surface area contributed by atoms with Gasteiger partial charge in [-0.1, -0.05) is 0 Å². The quantitative estimate of drug-likeness (QED) is 0.815. The molecule has 1 aliphatic heterocycles. The van der Waals surface area contributed by atoms with Gasteiger partial charge < -0.3 is 15.0 Å². The van der Waals surface area contributed by atoms with Crippen LogP contribution in [0.15, 0.2) is 12.4 Å². The summed E-state index contributed by atoms with van der Waals surface area (Å²) in [6.07, 6.45) is 4.52. The lowest BCUT2D eigenvalue weighted by atomic mass is 10.4. The van der Waals surface area contributed by atoms with E-state index in [1.807, 2.05) is 6.92 Å². The molecule has 1 aromatic rings. The molecular weight excluding hydrogens is 204 g/mol. The summed E-state index contributed by atoms with van der Waals surface area (Å²) in [5.41, 5.74) is 0. The minimum atomic E-state index is 0.623. The molecule has 0 radical (unpaired) electrons. The second kappa shape index (κ2) is 5.65. The van der Waals surface area contributed by atoms with Crippen LogP contribution in [0.5, 0.6) is 5.88 Å². The van der Waals surface area contributed by atoms with Gasteiger partial charge in [0, 0.05) is 32.0 Å². The molecule has 1 N–H and O–H groups in total. The molecule has 0 aromatic carbocycles. The van der Waals surface area contributed by atoms with E-state index in [-0.39, 0.29) is 0 Å². The topological polar surface area (TPSA) is 50.3 Å². The van der Waals surface area contributed by atoms with Gasteiger partial charge in [0.05, 0.1) is 6.61 Å². The van der Waals surface area contributed by atoms with Crippen LogP contribution >= 0.6 is 0 Å². The van der Waals surface area contributed by atoms with Crippen LogP contribution in [0.3, 0.4) is 0 Å². The van der Waals surface area contributed by atoms with Crippen molar-refractivity contribution >= 4 is 5.82 Å². The third-order valence-electron chi connectivity index (χ3n) is 2.57. The molecule has 0 spiro atoms. The summed E-state index contributed by atoms with van der Waals surface area (Å²) in [5, 5.41) is 3.37. The summed E-state index contributed by atoms with van der Waals surface area (Å²) in [6, 6.07) is 0. The fourth-order valence-corrected chi connectivity index (χ4v) is 1.83. The van der Waals surface area contributed by atoms with Crippen LogP contribution in [0.4, 0.5) is 5.82 Å². The molecule has 16 heavy (non-hydrogen) atoms. The largest absolute Gasteiger partial charge is 0.475 e. The molecule has 1 fully saturated rings. The monoisotopic (exact) mass is 222 g/mol. The van der Waals surface area contributed by atoms with Gasteiger partial charge in [0.15, 0.2) is 5.82 Å². The molecule has 0 unspecified atom stereocenters. The molecule has 2 rings (SSSR count). The number of anilines is 1. The van der Waals surface area contributed by atoms with E-state index in [4.69, 9.17) is 4.74 Å². The highest BCUT2D eigenvalue weighted by Crippen LogP contribution is 2.22. The van der Waals surface area contributed by atoms with Gasteiger partial charge in [0.2, 0.25) is 0 Å². The Balaban J connectivity index is 2.16. The third kappa shape index (κ3) is 2.61. The van der Waals surface area contributed by atoms with Crippen LogP contribution in [0, 0.1) is 0 Å². The average molecular weight is 222 g/mol. The Labute approximate surface area is 95.8 Å². The van der Waals surface area contributed by atoms with E-state index in [2.05, 4.69) is 20.2 Å². The second-order valence-electron chi connectivity index (χ2n) is 3.71. The molecule has 5 nitrogen and oxygen atoms in total. The van der Waals surface area contributed by atoms with Gasteiger partial charge in [-0.25, -0.2) is 9.97 Å². The van der Waals surface area contributed by atoms with E-state index in [0.29, 0.717) is 12.5 Å². The van der Waals surface area contributed by atoms with Crippen molar-refractivity contribution in [2.45, 2.75) is 13.3 Å². The maximum absolute atomic E-state index is 5.50. The molecule has 0 atom stereocenters. The van der Waals surface area contributed by atoms with Crippen molar-refractivity contribution in [3.63, 3.8) is 0 Å². The van der Waals surface area contributed by atoms with Crippen molar-refractivity contribution in [3.05, 3.63) is 12.4 Å². The summed E-state index contributed by atoms with van der Waals surface area (Å²) >= 11 is 0.